The predicted octanol–water partition coefficient (Wildman–Crippen LogP) is 3.35. The number of primary sulfonamides is 1. The van der Waals surface area contributed by atoms with Gasteiger partial charge >= 0.3 is 5.63 Å². The average molecular weight is 419 g/mol. The van der Waals surface area contributed by atoms with Crippen molar-refractivity contribution in [2.24, 2.45) is 5.14 Å². The van der Waals surface area contributed by atoms with Gasteiger partial charge in [-0.25, -0.2) is 18.4 Å². The Morgan fingerprint density at radius 1 is 1.25 bits per heavy atom. The predicted molar refractivity (Wildman–Crippen MR) is 109 cm³/mol. The lowest BCUT2D eigenvalue weighted by molar-refractivity contribution is 0.557. The molecule has 146 valence electrons. The van der Waals surface area contributed by atoms with Crippen LogP contribution in [0.5, 0.6) is 0 Å². The summed E-state index contributed by atoms with van der Waals surface area (Å²) in [5.74, 6) is 0. The van der Waals surface area contributed by atoms with Crippen molar-refractivity contribution in [3.8, 4) is 0 Å². The number of nitrogens with zero attached hydrogens (tertiary/aromatic N) is 1. The lowest BCUT2D eigenvalue weighted by Crippen LogP contribution is -2.29. The van der Waals surface area contributed by atoms with Crippen molar-refractivity contribution >= 4 is 38.3 Å². The number of hydrogen-bond donors (Lipinski definition) is 1. The largest absolute Gasteiger partial charge is 0.423 e. The van der Waals surface area contributed by atoms with Crippen LogP contribution in [-0.2, 0) is 23.0 Å². The second kappa shape index (κ2) is 6.62. The van der Waals surface area contributed by atoms with Gasteiger partial charge < -0.3 is 9.32 Å². The van der Waals surface area contributed by atoms with Crippen LogP contribution in [0.4, 0.5) is 5.69 Å². The molecule has 0 bridgehead atoms. The first-order valence-corrected chi connectivity index (χ1v) is 10.7. The summed E-state index contributed by atoms with van der Waals surface area (Å²) in [6.45, 7) is 4.39. The summed E-state index contributed by atoms with van der Waals surface area (Å²) in [5, 5.41) is 6.65. The third-order valence-electron chi connectivity index (χ3n) is 5.19. The molecule has 1 aromatic heterocycles. The van der Waals surface area contributed by atoms with E-state index in [1.54, 1.807) is 18.2 Å². The van der Waals surface area contributed by atoms with E-state index in [4.69, 9.17) is 21.2 Å². The first kappa shape index (κ1) is 19.0. The van der Waals surface area contributed by atoms with Crippen molar-refractivity contribution in [2.45, 2.75) is 37.8 Å². The lowest BCUT2D eigenvalue weighted by Gasteiger charge is -2.25. The van der Waals surface area contributed by atoms with Gasteiger partial charge in [0.05, 0.1) is 4.90 Å². The van der Waals surface area contributed by atoms with E-state index in [1.165, 1.54) is 12.1 Å². The van der Waals surface area contributed by atoms with Crippen LogP contribution < -0.4 is 15.7 Å². The maximum absolute atomic E-state index is 12.1. The zero-order chi connectivity index (χ0) is 20.2. The maximum atomic E-state index is 12.1. The standard InChI is InChI=1S/C20H19ClN2O4S/c1-11-5-19-16(9-17(11)21)14(8-20(24)27-19)10-23-12(2)6-13-7-15(28(22,25)26)3-4-18(13)23/h3-5,7-9,12H,6,10H2,1-2H3,(H2,22,25,26)/t12-/m1/s1. The minimum Gasteiger partial charge on any atom is -0.423 e. The molecule has 28 heavy (non-hydrogen) atoms. The average Bonchev–Trinajstić information content (AvgIpc) is 2.90. The summed E-state index contributed by atoms with van der Waals surface area (Å²) in [4.78, 5) is 14.3. The van der Waals surface area contributed by atoms with Crippen molar-refractivity contribution in [3.05, 3.63) is 68.5 Å². The highest BCUT2D eigenvalue weighted by Crippen LogP contribution is 2.36. The number of fused-ring (bicyclic) bond motifs is 2. The van der Waals surface area contributed by atoms with Crippen molar-refractivity contribution in [1.29, 1.82) is 0 Å². The highest BCUT2D eigenvalue weighted by Gasteiger charge is 2.28. The maximum Gasteiger partial charge on any atom is 0.336 e. The molecule has 4 rings (SSSR count). The number of hydrogen-bond acceptors (Lipinski definition) is 5. The van der Waals surface area contributed by atoms with Crippen LogP contribution in [0.1, 0.15) is 23.6 Å². The molecule has 6 nitrogen and oxygen atoms in total. The first-order chi connectivity index (χ1) is 13.1. The SMILES string of the molecule is Cc1cc2oc(=O)cc(CN3c4ccc(S(N)(=O)=O)cc4C[C@H]3C)c2cc1Cl. The summed E-state index contributed by atoms with van der Waals surface area (Å²) in [5.41, 5.74) is 3.58. The van der Waals surface area contributed by atoms with Crippen molar-refractivity contribution in [1.82, 2.24) is 0 Å². The molecule has 2 aromatic carbocycles. The van der Waals surface area contributed by atoms with Crippen LogP contribution in [0.15, 0.2) is 50.5 Å². The quantitative estimate of drug-likeness (QED) is 0.658. The number of halogens is 1. The summed E-state index contributed by atoms with van der Waals surface area (Å²) in [6.07, 6.45) is 0.692. The van der Waals surface area contributed by atoms with E-state index in [2.05, 4.69) is 11.8 Å². The second-order valence-corrected chi connectivity index (χ2v) is 9.17. The molecule has 0 saturated carbocycles. The molecule has 1 atom stereocenters. The van der Waals surface area contributed by atoms with Crippen molar-refractivity contribution in [3.63, 3.8) is 0 Å². The molecule has 0 spiro atoms. The van der Waals surface area contributed by atoms with Crippen LogP contribution >= 0.6 is 11.6 Å². The van der Waals surface area contributed by atoms with Gasteiger partial charge in [0.25, 0.3) is 0 Å². The van der Waals surface area contributed by atoms with Gasteiger partial charge in [-0.1, -0.05) is 11.6 Å². The van der Waals surface area contributed by atoms with Crippen LogP contribution in [0, 0.1) is 6.92 Å². The van der Waals surface area contributed by atoms with Crippen LogP contribution in [0.25, 0.3) is 11.0 Å². The molecule has 0 aliphatic carbocycles. The van der Waals surface area contributed by atoms with Gasteiger partial charge in [-0.2, -0.15) is 0 Å². The Morgan fingerprint density at radius 3 is 2.71 bits per heavy atom. The van der Waals surface area contributed by atoms with Crippen molar-refractivity contribution in [2.75, 3.05) is 4.90 Å². The first-order valence-electron chi connectivity index (χ1n) is 8.79. The molecule has 1 aliphatic rings. The topological polar surface area (TPSA) is 93.6 Å². The fourth-order valence-corrected chi connectivity index (χ4v) is 4.48. The zero-order valence-electron chi connectivity index (χ0n) is 15.4. The molecule has 0 saturated heterocycles. The van der Waals surface area contributed by atoms with Crippen LogP contribution in [0.2, 0.25) is 5.02 Å². The van der Waals surface area contributed by atoms with Gasteiger partial charge in [-0.15, -0.1) is 0 Å². The van der Waals surface area contributed by atoms with Gasteiger partial charge in [0.2, 0.25) is 10.0 Å². The van der Waals surface area contributed by atoms with E-state index in [1.807, 2.05) is 13.0 Å². The summed E-state index contributed by atoms with van der Waals surface area (Å²) < 4.78 is 28.6. The molecular weight excluding hydrogens is 400 g/mol. The highest BCUT2D eigenvalue weighted by atomic mass is 35.5. The number of rotatable bonds is 3. The van der Waals surface area contributed by atoms with Crippen molar-refractivity contribution < 1.29 is 12.8 Å². The molecule has 0 radical (unpaired) electrons. The van der Waals surface area contributed by atoms with E-state index < -0.39 is 15.6 Å². The van der Waals surface area contributed by atoms with Gasteiger partial charge in [0.15, 0.2) is 0 Å². The number of anilines is 1. The minimum absolute atomic E-state index is 0.105. The Labute approximate surface area is 167 Å². The van der Waals surface area contributed by atoms with E-state index in [0.717, 1.165) is 27.8 Å². The molecule has 0 fully saturated rings. The molecule has 0 amide bonds. The molecule has 1 aliphatic heterocycles. The Morgan fingerprint density at radius 2 is 2.00 bits per heavy atom. The normalized spacial score (nSPS) is 16.6. The van der Waals surface area contributed by atoms with E-state index >= 15 is 0 Å². The summed E-state index contributed by atoms with van der Waals surface area (Å²) >= 11 is 6.28. The monoisotopic (exact) mass is 418 g/mol. The fourth-order valence-electron chi connectivity index (χ4n) is 3.75. The summed E-state index contributed by atoms with van der Waals surface area (Å²) in [6, 6.07) is 10.1. The molecule has 8 heteroatoms. The third-order valence-corrected chi connectivity index (χ3v) is 6.50. The molecule has 0 unspecified atom stereocenters. The molecule has 2 N–H and O–H groups in total. The number of sulfonamides is 1. The lowest BCUT2D eigenvalue weighted by atomic mass is 10.1. The Hall–Kier alpha value is -2.35. The molecule has 2 heterocycles. The Kier molecular flexibility index (Phi) is 4.49. The zero-order valence-corrected chi connectivity index (χ0v) is 17.0. The smallest absolute Gasteiger partial charge is 0.336 e. The minimum atomic E-state index is -3.75. The van der Waals surface area contributed by atoms with Gasteiger partial charge in [-0.3, -0.25) is 0 Å². The molecular formula is C20H19ClN2O4S. The number of aryl methyl sites for hydroxylation is 1. The fraction of sp³-hybridized carbons (Fsp3) is 0.250. The Balaban J connectivity index is 1.79. The van der Waals surface area contributed by atoms with E-state index in [0.29, 0.717) is 23.6 Å². The van der Waals surface area contributed by atoms with Crippen LogP contribution in [-0.4, -0.2) is 14.5 Å². The number of benzene rings is 2. The van der Waals surface area contributed by atoms with Gasteiger partial charge in [0.1, 0.15) is 5.58 Å². The second-order valence-electron chi connectivity index (χ2n) is 7.20. The van der Waals surface area contributed by atoms with E-state index in [9.17, 15) is 13.2 Å². The van der Waals surface area contributed by atoms with Gasteiger partial charge in [0, 0.05) is 34.7 Å². The van der Waals surface area contributed by atoms with Gasteiger partial charge in [-0.05, 0) is 67.3 Å². The Bertz CT molecular complexity index is 1270. The third kappa shape index (κ3) is 3.30. The summed E-state index contributed by atoms with van der Waals surface area (Å²) in [7, 11) is -3.75. The highest BCUT2D eigenvalue weighted by molar-refractivity contribution is 7.89. The van der Waals surface area contributed by atoms with Crippen LogP contribution in [0.3, 0.4) is 0 Å². The van der Waals surface area contributed by atoms with E-state index in [-0.39, 0.29) is 10.9 Å². The number of nitrogens with two attached hydrogens (primary N) is 1. The molecule has 3 aromatic rings.